The normalized spacial score (nSPS) is 11.4. The van der Waals surface area contributed by atoms with Crippen LogP contribution >= 0.6 is 0 Å². The summed E-state index contributed by atoms with van der Waals surface area (Å²) in [5.74, 6) is -0.508. The molecule has 172 valence electrons. The van der Waals surface area contributed by atoms with Crippen molar-refractivity contribution in [3.05, 3.63) is 65.2 Å². The molecule has 0 saturated carbocycles. The number of anilines is 1. The van der Waals surface area contributed by atoms with Gasteiger partial charge in [0, 0.05) is 17.8 Å². The second-order valence-electron chi connectivity index (χ2n) is 9.61. The summed E-state index contributed by atoms with van der Waals surface area (Å²) in [6, 6.07) is 14.8. The number of amides is 3. The van der Waals surface area contributed by atoms with Crippen LogP contribution in [-0.4, -0.2) is 30.1 Å². The first-order valence-electron chi connectivity index (χ1n) is 10.6. The highest BCUT2D eigenvalue weighted by atomic mass is 16.6. The van der Waals surface area contributed by atoms with Crippen molar-refractivity contribution in [2.45, 2.75) is 59.1 Å². The van der Waals surface area contributed by atoms with Crippen molar-refractivity contribution in [2.75, 3.05) is 11.9 Å². The second-order valence-corrected chi connectivity index (χ2v) is 9.61. The van der Waals surface area contributed by atoms with Crippen LogP contribution in [0.5, 0.6) is 0 Å². The van der Waals surface area contributed by atoms with Crippen molar-refractivity contribution in [2.24, 2.45) is 0 Å². The maximum absolute atomic E-state index is 12.5. The molecular weight excluding hydrogens is 406 g/mol. The molecule has 0 aliphatic rings. The van der Waals surface area contributed by atoms with Crippen LogP contribution in [0.3, 0.4) is 0 Å². The Hall–Kier alpha value is -3.35. The van der Waals surface area contributed by atoms with E-state index < -0.39 is 11.7 Å². The summed E-state index contributed by atoms with van der Waals surface area (Å²) in [6.45, 7) is 11.8. The van der Waals surface area contributed by atoms with Gasteiger partial charge in [-0.15, -0.1) is 0 Å². The molecule has 0 bridgehead atoms. The number of rotatable bonds is 6. The van der Waals surface area contributed by atoms with E-state index in [1.807, 2.05) is 36.4 Å². The number of hydrogen-bond donors (Lipinski definition) is 3. The van der Waals surface area contributed by atoms with Gasteiger partial charge < -0.3 is 20.7 Å². The topological polar surface area (TPSA) is 96.5 Å². The van der Waals surface area contributed by atoms with Gasteiger partial charge in [-0.25, -0.2) is 4.79 Å². The summed E-state index contributed by atoms with van der Waals surface area (Å²) in [5, 5.41) is 8.01. The molecule has 0 fully saturated rings. The van der Waals surface area contributed by atoms with Crippen LogP contribution in [0.4, 0.5) is 10.5 Å². The molecule has 0 heterocycles. The second kappa shape index (κ2) is 10.3. The maximum Gasteiger partial charge on any atom is 0.408 e. The number of carbonyl (C=O) groups is 3. The molecule has 0 spiro atoms. The van der Waals surface area contributed by atoms with Gasteiger partial charge in [0.1, 0.15) is 12.1 Å². The van der Waals surface area contributed by atoms with E-state index in [9.17, 15) is 14.4 Å². The number of hydrogen-bond acceptors (Lipinski definition) is 4. The van der Waals surface area contributed by atoms with E-state index in [2.05, 4.69) is 36.7 Å². The fourth-order valence-corrected chi connectivity index (χ4v) is 2.76. The van der Waals surface area contributed by atoms with Gasteiger partial charge in [0.25, 0.3) is 5.91 Å². The van der Waals surface area contributed by atoms with E-state index in [1.165, 1.54) is 5.56 Å². The third kappa shape index (κ3) is 8.41. The number of carbonyl (C=O) groups excluding carboxylic acids is 3. The number of ether oxygens (including phenoxy) is 1. The van der Waals surface area contributed by atoms with E-state index in [4.69, 9.17) is 4.74 Å². The predicted molar refractivity (Wildman–Crippen MR) is 126 cm³/mol. The molecule has 2 rings (SSSR count). The Kier molecular flexibility index (Phi) is 8.02. The zero-order valence-corrected chi connectivity index (χ0v) is 19.7. The Labute approximate surface area is 189 Å². The van der Waals surface area contributed by atoms with Crippen LogP contribution in [-0.2, 0) is 21.5 Å². The quantitative estimate of drug-likeness (QED) is 0.622. The summed E-state index contributed by atoms with van der Waals surface area (Å²) in [4.78, 5) is 36.0. The number of alkyl carbamates (subject to hydrolysis) is 1. The molecule has 0 aromatic heterocycles. The molecule has 3 N–H and O–H groups in total. The monoisotopic (exact) mass is 439 g/mol. The zero-order chi connectivity index (χ0) is 23.9. The fraction of sp³-hybridized carbons (Fsp3) is 0.400. The van der Waals surface area contributed by atoms with Crippen molar-refractivity contribution in [1.82, 2.24) is 10.6 Å². The van der Waals surface area contributed by atoms with Gasteiger partial charge in [-0.3, -0.25) is 9.59 Å². The molecule has 32 heavy (non-hydrogen) atoms. The Bertz CT molecular complexity index is 937. The fourth-order valence-electron chi connectivity index (χ4n) is 2.76. The Morgan fingerprint density at radius 1 is 0.812 bits per heavy atom. The van der Waals surface area contributed by atoms with E-state index in [-0.39, 0.29) is 23.8 Å². The van der Waals surface area contributed by atoms with E-state index in [1.54, 1.807) is 32.9 Å². The predicted octanol–water partition coefficient (Wildman–Crippen LogP) is 4.38. The van der Waals surface area contributed by atoms with Crippen molar-refractivity contribution < 1.29 is 19.1 Å². The zero-order valence-electron chi connectivity index (χ0n) is 19.7. The highest BCUT2D eigenvalue weighted by Crippen LogP contribution is 2.22. The lowest BCUT2D eigenvalue weighted by Crippen LogP contribution is -2.39. The molecule has 0 aliphatic heterocycles. The van der Waals surface area contributed by atoms with Crippen molar-refractivity contribution in [3.8, 4) is 0 Å². The first kappa shape index (κ1) is 24.9. The van der Waals surface area contributed by atoms with Crippen LogP contribution in [0.1, 0.15) is 63.0 Å². The third-order valence-corrected chi connectivity index (χ3v) is 4.51. The Morgan fingerprint density at radius 3 is 1.94 bits per heavy atom. The van der Waals surface area contributed by atoms with Crippen LogP contribution in [0.25, 0.3) is 0 Å². The highest BCUT2D eigenvalue weighted by molar-refractivity contribution is 6.04. The molecular formula is C25H33N3O4. The third-order valence-electron chi connectivity index (χ3n) is 4.51. The SMILES string of the molecule is CC(C)(C)OC(=O)NCC(=O)NCc1ccc(NC(=O)c2ccc(C(C)(C)C)cc2)cc1. The van der Waals surface area contributed by atoms with Gasteiger partial charge in [-0.05, 0) is 61.6 Å². The maximum atomic E-state index is 12.5. The molecule has 7 heteroatoms. The van der Waals surface area contributed by atoms with E-state index in [0.717, 1.165) is 5.56 Å². The molecule has 3 amide bonds. The Morgan fingerprint density at radius 2 is 1.41 bits per heavy atom. The smallest absolute Gasteiger partial charge is 0.408 e. The molecule has 0 unspecified atom stereocenters. The first-order chi connectivity index (χ1) is 14.8. The molecule has 0 aliphatic carbocycles. The lowest BCUT2D eigenvalue weighted by atomic mass is 9.87. The average Bonchev–Trinajstić information content (AvgIpc) is 2.70. The minimum atomic E-state index is -0.638. The van der Waals surface area contributed by atoms with Crippen LogP contribution < -0.4 is 16.0 Å². The molecule has 2 aromatic carbocycles. The molecule has 0 atom stereocenters. The number of benzene rings is 2. The first-order valence-corrected chi connectivity index (χ1v) is 10.6. The van der Waals surface area contributed by atoms with Gasteiger partial charge in [-0.1, -0.05) is 45.0 Å². The van der Waals surface area contributed by atoms with Gasteiger partial charge in [-0.2, -0.15) is 0 Å². The van der Waals surface area contributed by atoms with Gasteiger partial charge in [0.05, 0.1) is 0 Å². The summed E-state index contributed by atoms with van der Waals surface area (Å²) in [6.07, 6.45) is -0.638. The summed E-state index contributed by atoms with van der Waals surface area (Å²) in [7, 11) is 0. The molecule has 7 nitrogen and oxygen atoms in total. The molecule has 2 aromatic rings. The lowest BCUT2D eigenvalue weighted by molar-refractivity contribution is -0.120. The standard InChI is InChI=1S/C25H33N3O4/c1-24(2,3)19-11-9-18(10-12-19)22(30)28-20-13-7-17(8-14-20)15-26-21(29)16-27-23(31)32-25(4,5)6/h7-14H,15-16H2,1-6H3,(H,26,29)(H,27,31)(H,28,30). The summed E-state index contributed by atoms with van der Waals surface area (Å²) in [5.41, 5.74) is 2.70. The summed E-state index contributed by atoms with van der Waals surface area (Å²) >= 11 is 0. The largest absolute Gasteiger partial charge is 0.444 e. The van der Waals surface area contributed by atoms with Gasteiger partial charge in [0.2, 0.25) is 5.91 Å². The van der Waals surface area contributed by atoms with Crippen LogP contribution in [0.15, 0.2) is 48.5 Å². The van der Waals surface area contributed by atoms with Crippen LogP contribution in [0.2, 0.25) is 0 Å². The van der Waals surface area contributed by atoms with Gasteiger partial charge >= 0.3 is 6.09 Å². The summed E-state index contributed by atoms with van der Waals surface area (Å²) < 4.78 is 5.08. The Balaban J connectivity index is 1.81. The minimum absolute atomic E-state index is 0.0338. The lowest BCUT2D eigenvalue weighted by Gasteiger charge is -2.19. The van der Waals surface area contributed by atoms with Crippen molar-refractivity contribution >= 4 is 23.6 Å². The highest BCUT2D eigenvalue weighted by Gasteiger charge is 2.17. The number of nitrogens with one attached hydrogen (secondary N) is 3. The van der Waals surface area contributed by atoms with Gasteiger partial charge in [0.15, 0.2) is 0 Å². The molecule has 0 radical (unpaired) electrons. The van der Waals surface area contributed by atoms with Crippen molar-refractivity contribution in [1.29, 1.82) is 0 Å². The molecule has 0 saturated heterocycles. The minimum Gasteiger partial charge on any atom is -0.444 e. The van der Waals surface area contributed by atoms with E-state index >= 15 is 0 Å². The van der Waals surface area contributed by atoms with Crippen molar-refractivity contribution in [3.63, 3.8) is 0 Å². The van der Waals surface area contributed by atoms with E-state index in [0.29, 0.717) is 17.8 Å². The average molecular weight is 440 g/mol. The van der Waals surface area contributed by atoms with Crippen LogP contribution in [0, 0.1) is 0 Å².